The Kier molecular flexibility index (Phi) is 4.22. The van der Waals surface area contributed by atoms with Gasteiger partial charge in [-0.3, -0.25) is 0 Å². The highest BCUT2D eigenvalue weighted by Crippen LogP contribution is 2.52. The normalized spacial score (nSPS) is 22.8. The van der Waals surface area contributed by atoms with E-state index in [1.165, 1.54) is 27.9 Å². The van der Waals surface area contributed by atoms with Gasteiger partial charge in [-0.2, -0.15) is 0 Å². The van der Waals surface area contributed by atoms with Gasteiger partial charge in [-0.05, 0) is 41.2 Å². The van der Waals surface area contributed by atoms with Crippen LogP contribution in [0.5, 0.6) is 0 Å². The molecule has 0 saturated carbocycles. The Morgan fingerprint density at radius 3 is 2.52 bits per heavy atom. The van der Waals surface area contributed by atoms with Crippen LogP contribution in [0.4, 0.5) is 5.69 Å². The molecule has 3 aromatic rings. The van der Waals surface area contributed by atoms with Gasteiger partial charge in [0.2, 0.25) is 0 Å². The summed E-state index contributed by atoms with van der Waals surface area (Å²) in [5.74, 6) is 0.908. The Labute approximate surface area is 169 Å². The molecule has 0 saturated heterocycles. The van der Waals surface area contributed by atoms with E-state index in [1.54, 1.807) is 0 Å². The van der Waals surface area contributed by atoms with E-state index in [2.05, 4.69) is 72.1 Å². The topological polar surface area (TPSA) is 12.0 Å². The van der Waals surface area contributed by atoms with Gasteiger partial charge in [0, 0.05) is 17.2 Å². The minimum atomic E-state index is 0.206. The number of nitrogens with one attached hydrogen (secondary N) is 1. The molecule has 0 amide bonds. The lowest BCUT2D eigenvalue weighted by Gasteiger charge is -2.38. The monoisotopic (exact) mass is 391 g/mol. The van der Waals surface area contributed by atoms with E-state index in [1.807, 2.05) is 12.1 Å². The summed E-state index contributed by atoms with van der Waals surface area (Å²) in [6, 6.07) is 23.4. The number of fused-ring (bicyclic) bond motifs is 3. The minimum absolute atomic E-state index is 0.206. The van der Waals surface area contributed by atoms with Gasteiger partial charge in [0.1, 0.15) is 0 Å². The number of allylic oxidation sites excluding steroid dienone is 2. The summed E-state index contributed by atoms with van der Waals surface area (Å²) in [4.78, 5) is 0. The zero-order chi connectivity index (χ0) is 18.4. The van der Waals surface area contributed by atoms with Crippen molar-refractivity contribution in [3.8, 4) is 11.1 Å². The molecule has 0 aromatic heterocycles. The SMILES string of the molecule is Clc1ccc([C@@H]2Nc3c(-c4ccccc4)cccc3[C@@H]3C=CC[C@H]32)cc1Cl. The molecule has 1 aliphatic carbocycles. The molecule has 27 heavy (non-hydrogen) atoms. The molecule has 0 radical (unpaired) electrons. The summed E-state index contributed by atoms with van der Waals surface area (Å²) < 4.78 is 0. The molecule has 0 spiro atoms. The van der Waals surface area contributed by atoms with Crippen molar-refractivity contribution in [1.82, 2.24) is 0 Å². The van der Waals surface area contributed by atoms with Gasteiger partial charge in [-0.15, -0.1) is 0 Å². The molecule has 5 rings (SSSR count). The lowest BCUT2D eigenvalue weighted by Crippen LogP contribution is -2.29. The first kappa shape index (κ1) is 16.9. The maximum Gasteiger partial charge on any atom is 0.0595 e. The lowest BCUT2D eigenvalue weighted by molar-refractivity contribution is 0.426. The average molecular weight is 392 g/mol. The van der Waals surface area contributed by atoms with Crippen LogP contribution in [-0.4, -0.2) is 0 Å². The Morgan fingerprint density at radius 1 is 0.852 bits per heavy atom. The van der Waals surface area contributed by atoms with Gasteiger partial charge in [-0.1, -0.05) is 90.0 Å². The first-order chi connectivity index (χ1) is 13.2. The number of benzene rings is 3. The number of anilines is 1. The third-order valence-corrected chi connectivity index (χ3v) is 6.52. The summed E-state index contributed by atoms with van der Waals surface area (Å²) in [5, 5.41) is 5.07. The van der Waals surface area contributed by atoms with Crippen molar-refractivity contribution in [2.45, 2.75) is 18.4 Å². The highest BCUT2D eigenvalue weighted by Gasteiger charge is 2.38. The maximum atomic E-state index is 6.33. The summed E-state index contributed by atoms with van der Waals surface area (Å²) in [6.07, 6.45) is 5.74. The van der Waals surface area contributed by atoms with Crippen LogP contribution in [0.1, 0.15) is 29.5 Å². The summed E-state index contributed by atoms with van der Waals surface area (Å²) in [7, 11) is 0. The molecule has 1 heterocycles. The molecule has 0 unspecified atom stereocenters. The second-order valence-electron chi connectivity index (χ2n) is 7.28. The van der Waals surface area contributed by atoms with Gasteiger partial charge < -0.3 is 5.32 Å². The molecule has 3 atom stereocenters. The van der Waals surface area contributed by atoms with Crippen LogP contribution >= 0.6 is 23.2 Å². The zero-order valence-corrected chi connectivity index (χ0v) is 16.2. The van der Waals surface area contributed by atoms with Gasteiger partial charge >= 0.3 is 0 Å². The van der Waals surface area contributed by atoms with Crippen molar-refractivity contribution >= 4 is 28.9 Å². The molecule has 1 nitrogen and oxygen atoms in total. The van der Waals surface area contributed by atoms with E-state index in [4.69, 9.17) is 23.2 Å². The van der Waals surface area contributed by atoms with Gasteiger partial charge in [0.25, 0.3) is 0 Å². The predicted octanol–water partition coefficient (Wildman–Crippen LogP) is 7.49. The third kappa shape index (κ3) is 2.86. The standard InChI is InChI=1S/C24H19Cl2N/c25-21-13-12-16(14-22(21)26)23-19-10-5-9-18(19)20-11-4-8-17(24(20)27-23)15-6-2-1-3-7-15/h1-9,11-14,18-19,23,27H,10H2/t18-,19-,23+/m1/s1. The van der Waals surface area contributed by atoms with Gasteiger partial charge in [0.15, 0.2) is 0 Å². The Balaban J connectivity index is 1.65. The maximum absolute atomic E-state index is 6.33. The average Bonchev–Trinajstić information content (AvgIpc) is 3.20. The van der Waals surface area contributed by atoms with Crippen molar-refractivity contribution < 1.29 is 0 Å². The fraction of sp³-hybridized carbons (Fsp3) is 0.167. The molecular weight excluding hydrogens is 373 g/mol. The van der Waals surface area contributed by atoms with E-state index in [-0.39, 0.29) is 6.04 Å². The lowest BCUT2D eigenvalue weighted by atomic mass is 9.76. The minimum Gasteiger partial charge on any atom is -0.377 e. The van der Waals surface area contributed by atoms with Crippen molar-refractivity contribution in [3.05, 3.63) is 100 Å². The van der Waals surface area contributed by atoms with Gasteiger partial charge in [-0.25, -0.2) is 0 Å². The molecule has 1 aliphatic heterocycles. The number of halogens is 2. The molecule has 0 bridgehead atoms. The largest absolute Gasteiger partial charge is 0.377 e. The van der Waals surface area contributed by atoms with Crippen LogP contribution in [0.3, 0.4) is 0 Å². The van der Waals surface area contributed by atoms with Crippen molar-refractivity contribution in [2.75, 3.05) is 5.32 Å². The number of rotatable bonds is 2. The van der Waals surface area contributed by atoms with E-state index >= 15 is 0 Å². The number of hydrogen-bond donors (Lipinski definition) is 1. The summed E-state index contributed by atoms with van der Waals surface area (Å²) in [6.45, 7) is 0. The molecule has 2 aliphatic rings. The van der Waals surface area contributed by atoms with Crippen LogP contribution in [0.25, 0.3) is 11.1 Å². The van der Waals surface area contributed by atoms with Crippen LogP contribution in [0.2, 0.25) is 10.0 Å². The fourth-order valence-electron chi connectivity index (χ4n) is 4.52. The molecule has 1 N–H and O–H groups in total. The summed E-state index contributed by atoms with van der Waals surface area (Å²) >= 11 is 12.5. The quantitative estimate of drug-likeness (QED) is 0.446. The number of hydrogen-bond acceptors (Lipinski definition) is 1. The second kappa shape index (κ2) is 6.74. The van der Waals surface area contributed by atoms with Gasteiger partial charge in [0.05, 0.1) is 16.1 Å². The molecule has 0 fully saturated rings. The van der Waals surface area contributed by atoms with Crippen LogP contribution in [0.15, 0.2) is 78.9 Å². The predicted molar refractivity (Wildman–Crippen MR) is 115 cm³/mol. The van der Waals surface area contributed by atoms with Crippen molar-refractivity contribution in [3.63, 3.8) is 0 Å². The smallest absolute Gasteiger partial charge is 0.0595 e. The first-order valence-electron chi connectivity index (χ1n) is 9.29. The third-order valence-electron chi connectivity index (χ3n) is 5.78. The van der Waals surface area contributed by atoms with E-state index < -0.39 is 0 Å². The van der Waals surface area contributed by atoms with E-state index in [0.29, 0.717) is 21.9 Å². The van der Waals surface area contributed by atoms with Crippen LogP contribution in [-0.2, 0) is 0 Å². The number of para-hydroxylation sites is 1. The molecular formula is C24H19Cl2N. The highest BCUT2D eigenvalue weighted by atomic mass is 35.5. The molecule has 134 valence electrons. The van der Waals surface area contributed by atoms with E-state index in [9.17, 15) is 0 Å². The van der Waals surface area contributed by atoms with E-state index in [0.717, 1.165) is 6.42 Å². The molecule has 3 aromatic carbocycles. The first-order valence-corrected chi connectivity index (χ1v) is 10.0. The molecule has 3 heteroatoms. The fourth-order valence-corrected chi connectivity index (χ4v) is 4.82. The van der Waals surface area contributed by atoms with Crippen LogP contribution in [0, 0.1) is 5.92 Å². The Bertz CT molecular complexity index is 1030. The van der Waals surface area contributed by atoms with Crippen molar-refractivity contribution in [1.29, 1.82) is 0 Å². The zero-order valence-electron chi connectivity index (χ0n) is 14.7. The van der Waals surface area contributed by atoms with Crippen LogP contribution < -0.4 is 5.32 Å². The van der Waals surface area contributed by atoms with Crippen molar-refractivity contribution in [2.24, 2.45) is 5.92 Å². The second-order valence-corrected chi connectivity index (χ2v) is 8.10. The summed E-state index contributed by atoms with van der Waals surface area (Å²) in [5.41, 5.74) is 6.28. The Hall–Kier alpha value is -2.22. The highest BCUT2D eigenvalue weighted by molar-refractivity contribution is 6.42. The Morgan fingerprint density at radius 2 is 1.70 bits per heavy atom.